The summed E-state index contributed by atoms with van der Waals surface area (Å²) in [4.78, 5) is 0. The summed E-state index contributed by atoms with van der Waals surface area (Å²) in [7, 11) is 0. The van der Waals surface area contributed by atoms with Crippen LogP contribution in [0, 0.1) is 0 Å². The van der Waals surface area contributed by atoms with Gasteiger partial charge in [-0.05, 0) is 33.7 Å². The molecule has 0 aliphatic rings. The van der Waals surface area contributed by atoms with Crippen LogP contribution in [0.4, 0.5) is 11.4 Å². The Hall–Kier alpha value is -3.80. The highest BCUT2D eigenvalue weighted by molar-refractivity contribution is 6.12. The fourth-order valence-corrected chi connectivity index (χ4v) is 3.34. The topological polar surface area (TPSA) is 101 Å². The molecule has 0 heterocycles. The third kappa shape index (κ3) is 2.53. The molecule has 0 spiro atoms. The van der Waals surface area contributed by atoms with E-state index < -0.39 is 0 Å². The van der Waals surface area contributed by atoms with Crippen molar-refractivity contribution in [2.24, 2.45) is 32.4 Å². The lowest BCUT2D eigenvalue weighted by molar-refractivity contribution is 1.06. The van der Waals surface area contributed by atoms with Crippen molar-refractivity contribution in [2.75, 3.05) is 0 Å². The van der Waals surface area contributed by atoms with Gasteiger partial charge in [-0.2, -0.15) is 0 Å². The molecule has 6 heteroatoms. The molecule has 26 heavy (non-hydrogen) atoms. The first kappa shape index (κ1) is 15.7. The number of benzene rings is 4. The zero-order chi connectivity index (χ0) is 17.9. The van der Waals surface area contributed by atoms with Crippen molar-refractivity contribution in [3.63, 3.8) is 0 Å². The lowest BCUT2D eigenvalue weighted by Gasteiger charge is -2.14. The first-order chi connectivity index (χ1) is 12.8. The van der Waals surface area contributed by atoms with Crippen LogP contribution in [0.15, 0.2) is 93.5 Å². The van der Waals surface area contributed by atoms with Crippen molar-refractivity contribution in [1.29, 1.82) is 0 Å². The minimum Gasteiger partial charge on any atom is -0.305 e. The third-order valence-corrected chi connectivity index (χ3v) is 4.39. The summed E-state index contributed by atoms with van der Waals surface area (Å²) in [5.41, 5.74) is 3.13. The Kier molecular flexibility index (Phi) is 3.99. The Balaban J connectivity index is 2.22. The van der Waals surface area contributed by atoms with Crippen LogP contribution >= 0.6 is 0 Å². The predicted octanol–water partition coefficient (Wildman–Crippen LogP) is 5.57. The second-order valence-corrected chi connectivity index (χ2v) is 5.79. The Morgan fingerprint density at radius 2 is 0.923 bits per heavy atom. The van der Waals surface area contributed by atoms with Gasteiger partial charge in [0.25, 0.3) is 0 Å². The van der Waals surface area contributed by atoms with Crippen LogP contribution in [0.25, 0.3) is 32.7 Å². The molecule has 126 valence electrons. The number of nitrogens with two attached hydrogens (primary N) is 2. The van der Waals surface area contributed by atoms with Crippen LogP contribution in [0.3, 0.4) is 0 Å². The van der Waals surface area contributed by atoms with E-state index in [4.69, 9.17) is 11.7 Å². The third-order valence-electron chi connectivity index (χ3n) is 4.39. The van der Waals surface area contributed by atoms with E-state index in [9.17, 15) is 0 Å². The molecule has 0 saturated carbocycles. The molecule has 0 amide bonds. The lowest BCUT2D eigenvalue weighted by Crippen LogP contribution is -1.88. The number of fused-ring (bicyclic) bond motifs is 2. The SMILES string of the molecule is NN=Nc1ccc2ccccc2c1-c1c(N=NN)ccc2ccccc12. The summed E-state index contributed by atoms with van der Waals surface area (Å²) in [6, 6.07) is 24.0. The van der Waals surface area contributed by atoms with E-state index in [1.54, 1.807) is 0 Å². The molecule has 4 N–H and O–H groups in total. The number of hydrogen-bond acceptors (Lipinski definition) is 4. The first-order valence-electron chi connectivity index (χ1n) is 8.09. The van der Waals surface area contributed by atoms with Crippen LogP contribution in [-0.2, 0) is 0 Å². The van der Waals surface area contributed by atoms with Gasteiger partial charge in [-0.1, -0.05) is 71.1 Å². The highest BCUT2D eigenvalue weighted by atomic mass is 15.3. The summed E-state index contributed by atoms with van der Waals surface area (Å²) in [5, 5.41) is 19.5. The molecule has 0 fully saturated rings. The molecule has 0 radical (unpaired) electrons. The molecule has 0 aliphatic heterocycles. The van der Waals surface area contributed by atoms with E-state index in [0.29, 0.717) is 11.4 Å². The normalized spacial score (nSPS) is 11.8. The van der Waals surface area contributed by atoms with Crippen molar-refractivity contribution in [3.05, 3.63) is 72.8 Å². The zero-order valence-electron chi connectivity index (χ0n) is 13.9. The van der Waals surface area contributed by atoms with Crippen molar-refractivity contribution < 1.29 is 0 Å². The van der Waals surface area contributed by atoms with Gasteiger partial charge in [-0.15, -0.1) is 10.2 Å². The molecule has 0 unspecified atom stereocenters. The summed E-state index contributed by atoms with van der Waals surface area (Å²) < 4.78 is 0. The van der Waals surface area contributed by atoms with Gasteiger partial charge < -0.3 is 11.7 Å². The van der Waals surface area contributed by atoms with E-state index in [0.717, 1.165) is 32.7 Å². The fourth-order valence-electron chi connectivity index (χ4n) is 3.34. The van der Waals surface area contributed by atoms with Gasteiger partial charge in [-0.3, -0.25) is 0 Å². The largest absolute Gasteiger partial charge is 0.305 e. The Morgan fingerprint density at radius 3 is 1.35 bits per heavy atom. The second kappa shape index (κ2) is 6.60. The number of nitrogens with zero attached hydrogens (tertiary/aromatic N) is 4. The molecule has 4 rings (SSSR count). The molecule has 4 aromatic rings. The van der Waals surface area contributed by atoms with Gasteiger partial charge in [-0.25, -0.2) is 0 Å². The summed E-state index contributed by atoms with van der Waals surface area (Å²) >= 11 is 0. The van der Waals surface area contributed by atoms with Gasteiger partial charge in [0.15, 0.2) is 0 Å². The summed E-state index contributed by atoms with van der Waals surface area (Å²) in [5.74, 6) is 10.7. The maximum atomic E-state index is 5.36. The van der Waals surface area contributed by atoms with Crippen molar-refractivity contribution >= 4 is 32.9 Å². The van der Waals surface area contributed by atoms with E-state index in [-0.39, 0.29) is 0 Å². The maximum absolute atomic E-state index is 5.36. The molecule has 0 saturated heterocycles. The van der Waals surface area contributed by atoms with E-state index in [1.807, 2.05) is 60.7 Å². The Bertz CT molecular complexity index is 1070. The summed E-state index contributed by atoms with van der Waals surface area (Å²) in [6.07, 6.45) is 0. The molecule has 0 aromatic heterocycles. The van der Waals surface area contributed by atoms with Crippen molar-refractivity contribution in [2.45, 2.75) is 0 Å². The monoisotopic (exact) mass is 340 g/mol. The van der Waals surface area contributed by atoms with Crippen LogP contribution < -0.4 is 11.7 Å². The quantitative estimate of drug-likeness (QED) is 0.289. The summed E-state index contributed by atoms with van der Waals surface area (Å²) in [6.45, 7) is 0. The molecule has 6 nitrogen and oxygen atoms in total. The molecule has 0 aliphatic carbocycles. The highest BCUT2D eigenvalue weighted by Gasteiger charge is 2.17. The molecule has 4 aromatic carbocycles. The molecular weight excluding hydrogens is 324 g/mol. The van der Waals surface area contributed by atoms with Crippen LogP contribution in [0.2, 0.25) is 0 Å². The fraction of sp³-hybridized carbons (Fsp3) is 0. The van der Waals surface area contributed by atoms with Gasteiger partial charge in [0.05, 0.1) is 11.4 Å². The minimum absolute atomic E-state index is 0.663. The average Bonchev–Trinajstić information content (AvgIpc) is 2.69. The minimum atomic E-state index is 0.663. The molecular formula is C20H16N6. The predicted molar refractivity (Wildman–Crippen MR) is 104 cm³/mol. The van der Waals surface area contributed by atoms with Gasteiger partial charge in [0.1, 0.15) is 0 Å². The van der Waals surface area contributed by atoms with Crippen LogP contribution in [0.1, 0.15) is 0 Å². The second-order valence-electron chi connectivity index (χ2n) is 5.79. The Morgan fingerprint density at radius 1 is 0.500 bits per heavy atom. The molecule has 0 bridgehead atoms. The van der Waals surface area contributed by atoms with E-state index in [1.165, 1.54) is 0 Å². The van der Waals surface area contributed by atoms with E-state index in [2.05, 4.69) is 32.8 Å². The first-order valence-corrected chi connectivity index (χ1v) is 8.09. The van der Waals surface area contributed by atoms with E-state index >= 15 is 0 Å². The number of hydrogen-bond donors (Lipinski definition) is 2. The van der Waals surface area contributed by atoms with Crippen LogP contribution in [-0.4, -0.2) is 0 Å². The average molecular weight is 340 g/mol. The number of rotatable bonds is 3. The Labute approximate surface area is 149 Å². The van der Waals surface area contributed by atoms with Crippen LogP contribution in [0.5, 0.6) is 0 Å². The van der Waals surface area contributed by atoms with Crippen molar-refractivity contribution in [3.8, 4) is 11.1 Å². The standard InChI is InChI=1S/C20H16N6/c21-25-23-17-11-9-13-5-1-3-7-15(13)19(17)20-16-8-4-2-6-14(16)10-12-18(20)24-26-22/h1-12H,(H2,21,23)(H2,22,24). The molecule has 0 atom stereocenters. The smallest absolute Gasteiger partial charge is 0.0959 e. The zero-order valence-corrected chi connectivity index (χ0v) is 13.9. The highest BCUT2D eigenvalue weighted by Crippen LogP contribution is 2.45. The van der Waals surface area contributed by atoms with Gasteiger partial charge in [0.2, 0.25) is 0 Å². The maximum Gasteiger partial charge on any atom is 0.0959 e. The van der Waals surface area contributed by atoms with Crippen molar-refractivity contribution in [1.82, 2.24) is 0 Å². The van der Waals surface area contributed by atoms with Gasteiger partial charge in [0, 0.05) is 11.1 Å². The van der Waals surface area contributed by atoms with Gasteiger partial charge >= 0.3 is 0 Å². The lowest BCUT2D eigenvalue weighted by atomic mass is 9.91.